The zero-order chi connectivity index (χ0) is 12.6. The summed E-state index contributed by atoms with van der Waals surface area (Å²) in [4.78, 5) is 23.8. The molecule has 0 bridgehead atoms. The number of carboxylic acid groups (broad SMARTS) is 1. The Bertz CT molecular complexity index is 483. The summed E-state index contributed by atoms with van der Waals surface area (Å²) in [6.45, 7) is 1.63. The van der Waals surface area contributed by atoms with Crippen LogP contribution in [0.1, 0.15) is 18.4 Å². The summed E-state index contributed by atoms with van der Waals surface area (Å²) < 4.78 is 5.26. The van der Waals surface area contributed by atoms with E-state index in [-0.39, 0.29) is 12.5 Å². The highest BCUT2D eigenvalue weighted by Crippen LogP contribution is 2.33. The van der Waals surface area contributed by atoms with Crippen molar-refractivity contribution in [3.05, 3.63) is 23.8 Å². The standard InChI is InChI=1S/C12H13NO4/c1-7(12(15)16)8-3-4-10-9(5-8)13(2)11(14)6-17-10/h3-5,7H,6H2,1-2H3,(H,15,16). The summed E-state index contributed by atoms with van der Waals surface area (Å²) in [5, 5.41) is 8.95. The molecule has 1 aliphatic heterocycles. The quantitative estimate of drug-likeness (QED) is 0.837. The van der Waals surface area contributed by atoms with E-state index in [1.165, 1.54) is 4.90 Å². The predicted molar refractivity (Wildman–Crippen MR) is 61.4 cm³/mol. The number of fused-ring (bicyclic) bond motifs is 1. The number of amides is 1. The highest BCUT2D eigenvalue weighted by molar-refractivity contribution is 5.97. The largest absolute Gasteiger partial charge is 0.482 e. The van der Waals surface area contributed by atoms with Crippen molar-refractivity contribution < 1.29 is 19.4 Å². The molecular weight excluding hydrogens is 222 g/mol. The lowest BCUT2D eigenvalue weighted by molar-refractivity contribution is -0.138. The molecule has 17 heavy (non-hydrogen) atoms. The second-order valence-corrected chi connectivity index (χ2v) is 4.03. The van der Waals surface area contributed by atoms with Crippen molar-refractivity contribution in [3.8, 4) is 5.75 Å². The van der Waals surface area contributed by atoms with E-state index in [1.807, 2.05) is 0 Å². The third-order valence-corrected chi connectivity index (χ3v) is 2.94. The Hall–Kier alpha value is -2.04. The summed E-state index contributed by atoms with van der Waals surface area (Å²) in [6.07, 6.45) is 0. The minimum absolute atomic E-state index is 0.0251. The van der Waals surface area contributed by atoms with Crippen molar-refractivity contribution in [2.45, 2.75) is 12.8 Å². The van der Waals surface area contributed by atoms with Gasteiger partial charge in [-0.1, -0.05) is 6.07 Å². The van der Waals surface area contributed by atoms with E-state index in [0.717, 1.165) is 0 Å². The van der Waals surface area contributed by atoms with E-state index in [1.54, 1.807) is 32.2 Å². The highest BCUT2D eigenvalue weighted by atomic mass is 16.5. The fourth-order valence-corrected chi connectivity index (χ4v) is 1.70. The molecule has 0 aromatic heterocycles. The number of carboxylic acids is 1. The van der Waals surface area contributed by atoms with Crippen LogP contribution >= 0.6 is 0 Å². The SMILES string of the molecule is CC(C(=O)O)c1ccc2c(c1)N(C)C(=O)CO2. The van der Waals surface area contributed by atoms with Crippen LogP contribution in [-0.4, -0.2) is 30.6 Å². The zero-order valence-corrected chi connectivity index (χ0v) is 9.64. The van der Waals surface area contributed by atoms with E-state index >= 15 is 0 Å². The molecule has 1 unspecified atom stereocenters. The molecule has 1 atom stereocenters. The molecule has 0 fully saturated rings. The monoisotopic (exact) mass is 235 g/mol. The van der Waals surface area contributed by atoms with Gasteiger partial charge >= 0.3 is 5.97 Å². The first-order valence-corrected chi connectivity index (χ1v) is 5.27. The molecule has 90 valence electrons. The van der Waals surface area contributed by atoms with E-state index < -0.39 is 11.9 Å². The van der Waals surface area contributed by atoms with Crippen molar-refractivity contribution in [2.24, 2.45) is 0 Å². The highest BCUT2D eigenvalue weighted by Gasteiger charge is 2.24. The summed E-state index contributed by atoms with van der Waals surface area (Å²) in [6, 6.07) is 5.10. The first-order chi connectivity index (χ1) is 8.00. The second-order valence-electron chi connectivity index (χ2n) is 4.03. The van der Waals surface area contributed by atoms with Crippen LogP contribution in [0.5, 0.6) is 5.75 Å². The Morgan fingerprint density at radius 2 is 2.24 bits per heavy atom. The van der Waals surface area contributed by atoms with Crippen molar-refractivity contribution in [1.29, 1.82) is 0 Å². The Morgan fingerprint density at radius 3 is 2.88 bits per heavy atom. The van der Waals surface area contributed by atoms with Gasteiger partial charge < -0.3 is 14.7 Å². The Morgan fingerprint density at radius 1 is 1.53 bits per heavy atom. The molecule has 5 heteroatoms. The van der Waals surface area contributed by atoms with Gasteiger partial charge in [0, 0.05) is 7.05 Å². The number of hydrogen-bond acceptors (Lipinski definition) is 3. The smallest absolute Gasteiger partial charge is 0.310 e. The van der Waals surface area contributed by atoms with Gasteiger partial charge in [0.25, 0.3) is 5.91 Å². The van der Waals surface area contributed by atoms with Crippen LogP contribution in [0.15, 0.2) is 18.2 Å². The molecule has 1 aromatic carbocycles. The third-order valence-electron chi connectivity index (χ3n) is 2.94. The number of anilines is 1. The minimum Gasteiger partial charge on any atom is -0.482 e. The van der Waals surface area contributed by atoms with Gasteiger partial charge in [0.15, 0.2) is 6.61 Å². The number of ether oxygens (including phenoxy) is 1. The minimum atomic E-state index is -0.893. The molecule has 0 radical (unpaired) electrons. The molecule has 5 nitrogen and oxygen atoms in total. The van der Waals surface area contributed by atoms with Crippen molar-refractivity contribution in [3.63, 3.8) is 0 Å². The van der Waals surface area contributed by atoms with Crippen LogP contribution < -0.4 is 9.64 Å². The van der Waals surface area contributed by atoms with Gasteiger partial charge in [-0.25, -0.2) is 0 Å². The zero-order valence-electron chi connectivity index (χ0n) is 9.64. The first-order valence-electron chi connectivity index (χ1n) is 5.27. The number of hydrogen-bond donors (Lipinski definition) is 1. The summed E-state index contributed by atoms with van der Waals surface area (Å²) in [5.74, 6) is -1.03. The lowest BCUT2D eigenvalue weighted by Gasteiger charge is -2.26. The summed E-state index contributed by atoms with van der Waals surface area (Å²) in [5.41, 5.74) is 1.27. The van der Waals surface area contributed by atoms with Gasteiger partial charge in [-0.15, -0.1) is 0 Å². The van der Waals surface area contributed by atoms with E-state index in [4.69, 9.17) is 9.84 Å². The Balaban J connectivity index is 2.42. The fourth-order valence-electron chi connectivity index (χ4n) is 1.70. The molecule has 1 aliphatic rings. The number of aliphatic carboxylic acids is 1. The predicted octanol–water partition coefficient (Wildman–Crippen LogP) is 1.23. The van der Waals surface area contributed by atoms with Crippen LogP contribution in [-0.2, 0) is 9.59 Å². The van der Waals surface area contributed by atoms with Crippen molar-refractivity contribution in [2.75, 3.05) is 18.6 Å². The molecule has 1 amide bonds. The van der Waals surface area contributed by atoms with Gasteiger partial charge in [0.05, 0.1) is 11.6 Å². The maximum absolute atomic E-state index is 11.5. The van der Waals surface area contributed by atoms with Crippen LogP contribution in [0.2, 0.25) is 0 Å². The Kier molecular flexibility index (Phi) is 2.75. The molecule has 0 saturated heterocycles. The van der Waals surface area contributed by atoms with Gasteiger partial charge in [-0.2, -0.15) is 0 Å². The number of benzene rings is 1. The maximum Gasteiger partial charge on any atom is 0.310 e. The molecule has 1 heterocycles. The van der Waals surface area contributed by atoms with Crippen LogP contribution in [0.25, 0.3) is 0 Å². The summed E-state index contributed by atoms with van der Waals surface area (Å²) in [7, 11) is 1.65. The van der Waals surface area contributed by atoms with E-state index in [0.29, 0.717) is 17.0 Å². The van der Waals surface area contributed by atoms with Gasteiger partial charge in [-0.05, 0) is 24.6 Å². The van der Waals surface area contributed by atoms with E-state index in [9.17, 15) is 9.59 Å². The molecule has 0 aliphatic carbocycles. The molecule has 0 saturated carbocycles. The third kappa shape index (κ3) is 1.95. The maximum atomic E-state index is 11.5. The lowest BCUT2D eigenvalue weighted by Crippen LogP contribution is -2.35. The molecular formula is C12H13NO4. The average molecular weight is 235 g/mol. The first kappa shape index (κ1) is 11.4. The fraction of sp³-hybridized carbons (Fsp3) is 0.333. The number of nitrogens with zero attached hydrogens (tertiary/aromatic N) is 1. The number of rotatable bonds is 2. The van der Waals surface area contributed by atoms with Gasteiger partial charge in [-0.3, -0.25) is 9.59 Å². The molecule has 0 spiro atoms. The number of carbonyl (C=O) groups is 2. The van der Waals surface area contributed by atoms with Crippen molar-refractivity contribution in [1.82, 2.24) is 0 Å². The van der Waals surface area contributed by atoms with Crippen LogP contribution in [0.3, 0.4) is 0 Å². The number of carbonyl (C=O) groups excluding carboxylic acids is 1. The van der Waals surface area contributed by atoms with E-state index in [2.05, 4.69) is 0 Å². The topological polar surface area (TPSA) is 66.8 Å². The molecule has 2 rings (SSSR count). The Labute approximate surface area is 98.6 Å². The second kappa shape index (κ2) is 4.08. The van der Waals surface area contributed by atoms with Gasteiger partial charge in [0.2, 0.25) is 0 Å². The molecule has 1 N–H and O–H groups in total. The van der Waals surface area contributed by atoms with Gasteiger partial charge in [0.1, 0.15) is 5.75 Å². The van der Waals surface area contributed by atoms with Crippen molar-refractivity contribution >= 4 is 17.6 Å². The normalized spacial score (nSPS) is 16.1. The average Bonchev–Trinajstić information content (AvgIpc) is 2.32. The number of likely N-dealkylation sites (N-methyl/N-ethyl adjacent to an activating group) is 1. The summed E-state index contributed by atoms with van der Waals surface area (Å²) >= 11 is 0. The molecule has 1 aromatic rings. The van der Waals surface area contributed by atoms with Crippen LogP contribution in [0, 0.1) is 0 Å². The lowest BCUT2D eigenvalue weighted by atomic mass is 10.00. The van der Waals surface area contributed by atoms with Crippen LogP contribution in [0.4, 0.5) is 5.69 Å².